The fourth-order valence-electron chi connectivity index (χ4n) is 4.33. The lowest BCUT2D eigenvalue weighted by atomic mass is 10.1. The van der Waals surface area contributed by atoms with E-state index in [4.69, 9.17) is 32.7 Å². The molecule has 0 spiro atoms. The summed E-state index contributed by atoms with van der Waals surface area (Å²) in [6, 6.07) is 20.7. The van der Waals surface area contributed by atoms with E-state index in [-0.39, 0.29) is 17.7 Å². The molecule has 0 unspecified atom stereocenters. The Balaban J connectivity index is 1.31. The van der Waals surface area contributed by atoms with Crippen LogP contribution >= 0.6 is 35.0 Å². The van der Waals surface area contributed by atoms with Crippen LogP contribution in [-0.2, 0) is 17.9 Å². The molecule has 38 heavy (non-hydrogen) atoms. The summed E-state index contributed by atoms with van der Waals surface area (Å²) in [5, 5.41) is 1.50. The second kappa shape index (κ2) is 11.6. The Morgan fingerprint density at radius 3 is 2.50 bits per heavy atom. The third kappa shape index (κ3) is 5.55. The number of carbonyl (C=O) groups excluding carboxylic acids is 2. The number of aromatic nitrogens is 1. The summed E-state index contributed by atoms with van der Waals surface area (Å²) < 4.78 is 13.4. The van der Waals surface area contributed by atoms with E-state index < -0.39 is 0 Å². The highest BCUT2D eigenvalue weighted by molar-refractivity contribution is 8.18. The van der Waals surface area contributed by atoms with Gasteiger partial charge < -0.3 is 14.0 Å². The molecule has 5 rings (SSSR count). The van der Waals surface area contributed by atoms with Gasteiger partial charge in [0, 0.05) is 29.2 Å². The maximum absolute atomic E-state index is 13.1. The molecule has 6 nitrogen and oxygen atoms in total. The van der Waals surface area contributed by atoms with Crippen LogP contribution in [0.5, 0.6) is 11.5 Å². The zero-order valence-electron chi connectivity index (χ0n) is 20.5. The van der Waals surface area contributed by atoms with Crippen molar-refractivity contribution in [3.05, 3.63) is 99.0 Å². The van der Waals surface area contributed by atoms with Crippen LogP contribution in [0.1, 0.15) is 17.5 Å². The number of thioether (sulfide) groups is 1. The van der Waals surface area contributed by atoms with Gasteiger partial charge in [-0.2, -0.15) is 0 Å². The number of hydrogen-bond acceptors (Lipinski definition) is 5. The van der Waals surface area contributed by atoms with Gasteiger partial charge in [-0.15, -0.1) is 0 Å². The van der Waals surface area contributed by atoms with Gasteiger partial charge in [-0.3, -0.25) is 14.5 Å². The molecule has 1 aliphatic rings. The topological polar surface area (TPSA) is 60.8 Å². The van der Waals surface area contributed by atoms with Crippen molar-refractivity contribution in [1.29, 1.82) is 0 Å². The smallest absolute Gasteiger partial charge is 0.293 e. The first-order chi connectivity index (χ1) is 18.4. The van der Waals surface area contributed by atoms with E-state index in [1.807, 2.05) is 54.7 Å². The summed E-state index contributed by atoms with van der Waals surface area (Å²) in [5.41, 5.74) is 2.66. The summed E-state index contributed by atoms with van der Waals surface area (Å²) in [7, 11) is 1.62. The predicted molar refractivity (Wildman–Crippen MR) is 153 cm³/mol. The molecule has 1 saturated heterocycles. The van der Waals surface area contributed by atoms with E-state index in [0.29, 0.717) is 33.1 Å². The number of rotatable bonds is 9. The van der Waals surface area contributed by atoms with Gasteiger partial charge >= 0.3 is 0 Å². The predicted octanol–water partition coefficient (Wildman–Crippen LogP) is 7.66. The highest BCUT2D eigenvalue weighted by atomic mass is 35.5. The van der Waals surface area contributed by atoms with Gasteiger partial charge in [0.25, 0.3) is 11.1 Å². The van der Waals surface area contributed by atoms with Crippen LogP contribution in [0.4, 0.5) is 4.79 Å². The fraction of sp³-hybridized carbons (Fsp3) is 0.172. The van der Waals surface area contributed by atoms with Crippen LogP contribution in [0.25, 0.3) is 17.0 Å². The molecule has 0 N–H and O–H groups in total. The first-order valence-corrected chi connectivity index (χ1v) is 13.5. The second-order valence-corrected chi connectivity index (χ2v) is 10.5. The van der Waals surface area contributed by atoms with E-state index >= 15 is 0 Å². The minimum atomic E-state index is -0.326. The third-order valence-electron chi connectivity index (χ3n) is 6.17. The minimum Gasteiger partial charge on any atom is -0.493 e. The van der Waals surface area contributed by atoms with Crippen LogP contribution in [-0.4, -0.2) is 34.3 Å². The number of amides is 2. The van der Waals surface area contributed by atoms with Crippen LogP contribution in [0.3, 0.4) is 0 Å². The monoisotopic (exact) mass is 566 g/mol. The average molecular weight is 567 g/mol. The third-order valence-corrected chi connectivity index (χ3v) is 7.82. The Bertz CT molecular complexity index is 1550. The Morgan fingerprint density at radius 1 is 0.947 bits per heavy atom. The lowest BCUT2D eigenvalue weighted by Gasteiger charge is -2.12. The number of carbonyl (C=O) groups is 2. The van der Waals surface area contributed by atoms with Crippen molar-refractivity contribution in [3.8, 4) is 11.5 Å². The van der Waals surface area contributed by atoms with Crippen molar-refractivity contribution in [2.45, 2.75) is 19.5 Å². The fourth-order valence-corrected chi connectivity index (χ4v) is 5.48. The average Bonchev–Trinajstić information content (AvgIpc) is 3.40. The molecule has 194 valence electrons. The SMILES string of the molecule is COc1ccccc1OCCCn1cc(/C=C2\SC(=O)N(Cc3ccc(Cl)c(Cl)c3)C2=O)c2ccccc21. The quantitative estimate of drug-likeness (QED) is 0.154. The molecule has 2 heterocycles. The number of aryl methyl sites for hydroxylation is 1. The molecule has 1 aromatic heterocycles. The van der Waals surface area contributed by atoms with Gasteiger partial charge in [0.1, 0.15) is 0 Å². The van der Waals surface area contributed by atoms with Crippen molar-refractivity contribution in [1.82, 2.24) is 9.47 Å². The molecular weight excluding hydrogens is 543 g/mol. The van der Waals surface area contributed by atoms with E-state index in [1.165, 1.54) is 4.90 Å². The van der Waals surface area contributed by atoms with E-state index in [1.54, 1.807) is 31.4 Å². The zero-order valence-corrected chi connectivity index (χ0v) is 22.9. The molecule has 0 aliphatic carbocycles. The molecule has 4 aromatic rings. The van der Waals surface area contributed by atoms with Crippen molar-refractivity contribution >= 4 is 63.1 Å². The van der Waals surface area contributed by atoms with Crippen LogP contribution < -0.4 is 9.47 Å². The van der Waals surface area contributed by atoms with Crippen molar-refractivity contribution in [3.63, 3.8) is 0 Å². The van der Waals surface area contributed by atoms with E-state index in [2.05, 4.69) is 4.57 Å². The van der Waals surface area contributed by atoms with Gasteiger partial charge in [0.05, 0.1) is 35.2 Å². The zero-order chi connectivity index (χ0) is 26.6. The van der Waals surface area contributed by atoms with Crippen LogP contribution in [0.2, 0.25) is 10.0 Å². The van der Waals surface area contributed by atoms with Gasteiger partial charge in [-0.1, -0.05) is 59.6 Å². The second-order valence-electron chi connectivity index (χ2n) is 8.66. The van der Waals surface area contributed by atoms with Crippen LogP contribution in [0, 0.1) is 0 Å². The lowest BCUT2D eigenvalue weighted by Crippen LogP contribution is -2.27. The van der Waals surface area contributed by atoms with Crippen molar-refractivity contribution in [2.75, 3.05) is 13.7 Å². The largest absolute Gasteiger partial charge is 0.493 e. The molecule has 2 amide bonds. The Kier molecular flexibility index (Phi) is 7.98. The maximum Gasteiger partial charge on any atom is 0.293 e. The summed E-state index contributed by atoms with van der Waals surface area (Å²) >= 11 is 13.0. The minimum absolute atomic E-state index is 0.132. The number of methoxy groups -OCH3 is 1. The molecule has 0 saturated carbocycles. The van der Waals surface area contributed by atoms with Gasteiger partial charge in [-0.05, 0) is 60.2 Å². The number of para-hydroxylation sites is 3. The molecule has 1 aliphatic heterocycles. The highest BCUT2D eigenvalue weighted by Crippen LogP contribution is 2.35. The summed E-state index contributed by atoms with van der Waals surface area (Å²) in [6.07, 6.45) is 4.58. The standard InChI is InChI=1S/C29H24Cl2N2O4S/c1-36-25-9-4-5-10-26(25)37-14-6-13-32-18-20(21-7-2-3-8-24(21)32)16-27-28(34)33(29(35)38-27)17-19-11-12-22(30)23(31)15-19/h2-5,7-12,15-16,18H,6,13-14,17H2,1H3/b27-16-. The Hall–Kier alpha value is -3.39. The number of hydrogen-bond donors (Lipinski definition) is 0. The van der Waals surface area contributed by atoms with Gasteiger partial charge in [0.2, 0.25) is 0 Å². The first-order valence-electron chi connectivity index (χ1n) is 12.0. The van der Waals surface area contributed by atoms with Crippen molar-refractivity contribution in [2.24, 2.45) is 0 Å². The summed E-state index contributed by atoms with van der Waals surface area (Å²) in [4.78, 5) is 27.4. The molecule has 0 atom stereocenters. The van der Waals surface area contributed by atoms with Gasteiger partial charge in [0.15, 0.2) is 11.5 Å². The normalized spacial score (nSPS) is 14.6. The molecule has 0 radical (unpaired) electrons. The summed E-state index contributed by atoms with van der Waals surface area (Å²) in [5.74, 6) is 1.09. The number of imide groups is 1. The van der Waals surface area contributed by atoms with E-state index in [9.17, 15) is 9.59 Å². The van der Waals surface area contributed by atoms with E-state index in [0.717, 1.165) is 46.8 Å². The molecular formula is C29H24Cl2N2O4S. The Labute approximate surface area is 234 Å². The van der Waals surface area contributed by atoms with Gasteiger partial charge in [-0.25, -0.2) is 0 Å². The number of ether oxygens (including phenoxy) is 2. The lowest BCUT2D eigenvalue weighted by molar-refractivity contribution is -0.123. The molecule has 0 bridgehead atoms. The molecule has 1 fully saturated rings. The van der Waals surface area contributed by atoms with Crippen LogP contribution in [0.15, 0.2) is 77.8 Å². The number of nitrogens with zero attached hydrogens (tertiary/aromatic N) is 2. The molecule has 9 heteroatoms. The first kappa shape index (κ1) is 26.2. The highest BCUT2D eigenvalue weighted by Gasteiger charge is 2.35. The summed E-state index contributed by atoms with van der Waals surface area (Å²) in [6.45, 7) is 1.38. The molecule has 3 aromatic carbocycles. The number of fused-ring (bicyclic) bond motifs is 1. The van der Waals surface area contributed by atoms with Crippen molar-refractivity contribution < 1.29 is 19.1 Å². The number of halogens is 2. The number of benzene rings is 3. The Morgan fingerprint density at radius 2 is 1.71 bits per heavy atom. The maximum atomic E-state index is 13.1.